The molecule has 1 saturated heterocycles. The van der Waals surface area contributed by atoms with E-state index in [2.05, 4.69) is 21.6 Å². The SMILES string of the molecule is C=C[C@@H]1C[C@]1(NC(=O)[C@@H]1C[C@@H](Oc2nccc3cc(OC)ccc23)CN1C(=O)[C@H](N)C(C)(C)C)C(=O)NS(=O)(=O)C1CC1. The summed E-state index contributed by atoms with van der Waals surface area (Å²) in [6, 6.07) is 5.37. The zero-order valence-corrected chi connectivity index (χ0v) is 25.6. The molecule has 2 aliphatic carbocycles. The predicted octanol–water partition coefficient (Wildman–Crippen LogP) is 1.63. The summed E-state index contributed by atoms with van der Waals surface area (Å²) in [6.45, 7) is 9.31. The van der Waals surface area contributed by atoms with Gasteiger partial charge in [0.15, 0.2) is 0 Å². The van der Waals surface area contributed by atoms with E-state index >= 15 is 0 Å². The molecule has 43 heavy (non-hydrogen) atoms. The maximum Gasteiger partial charge on any atom is 0.259 e. The predicted molar refractivity (Wildman–Crippen MR) is 160 cm³/mol. The average Bonchev–Trinajstić information content (AvgIpc) is 3.88. The normalized spacial score (nSPS) is 26.0. The van der Waals surface area contributed by atoms with Crippen LogP contribution in [0.15, 0.2) is 43.1 Å². The van der Waals surface area contributed by atoms with Gasteiger partial charge >= 0.3 is 0 Å². The van der Waals surface area contributed by atoms with E-state index in [4.69, 9.17) is 15.2 Å². The van der Waals surface area contributed by atoms with Gasteiger partial charge in [0, 0.05) is 23.9 Å². The number of amides is 3. The summed E-state index contributed by atoms with van der Waals surface area (Å²) < 4.78 is 38.8. The van der Waals surface area contributed by atoms with Crippen LogP contribution in [-0.4, -0.2) is 78.7 Å². The van der Waals surface area contributed by atoms with Crippen molar-refractivity contribution in [3.63, 3.8) is 0 Å². The molecule has 0 bridgehead atoms. The lowest BCUT2D eigenvalue weighted by Crippen LogP contribution is -2.59. The van der Waals surface area contributed by atoms with E-state index in [0.29, 0.717) is 24.5 Å². The molecule has 3 amide bonds. The maximum absolute atomic E-state index is 13.9. The maximum atomic E-state index is 13.9. The van der Waals surface area contributed by atoms with Crippen molar-refractivity contribution >= 4 is 38.5 Å². The fourth-order valence-electron chi connectivity index (χ4n) is 5.45. The topological polar surface area (TPSA) is 170 Å². The Balaban J connectivity index is 1.39. The van der Waals surface area contributed by atoms with Gasteiger partial charge < -0.3 is 25.4 Å². The van der Waals surface area contributed by atoms with E-state index in [1.165, 1.54) is 11.0 Å². The minimum absolute atomic E-state index is 0.0645. The standard InChI is InChI=1S/C30H39N5O7S/c1-6-18-15-30(18,28(38)34-43(39,40)21-8-9-21)33-25(36)23-14-20(16-35(23)27(37)24(31)29(2,3)4)42-26-22-10-7-19(41-5)13-17(22)11-12-32-26/h6-7,10-13,18,20-21,23-24H,1,8-9,14-16,31H2,2-5H3,(H,33,36)(H,34,38)/t18-,20-,23+,24+,30-/m1/s1. The Labute approximate surface area is 251 Å². The summed E-state index contributed by atoms with van der Waals surface area (Å²) in [4.78, 5) is 46.5. The summed E-state index contributed by atoms with van der Waals surface area (Å²) in [5.74, 6) is -1.27. The molecule has 0 spiro atoms. The van der Waals surface area contributed by atoms with Gasteiger partial charge in [-0.15, -0.1) is 6.58 Å². The zero-order chi connectivity index (χ0) is 31.3. The largest absolute Gasteiger partial charge is 0.497 e. The van der Waals surface area contributed by atoms with Crippen molar-refractivity contribution in [1.29, 1.82) is 0 Å². The lowest BCUT2D eigenvalue weighted by atomic mass is 9.86. The Bertz CT molecular complexity index is 1570. The van der Waals surface area contributed by atoms with Gasteiger partial charge in [0.25, 0.3) is 5.91 Å². The highest BCUT2D eigenvalue weighted by molar-refractivity contribution is 7.91. The molecular weight excluding hydrogens is 574 g/mol. The minimum atomic E-state index is -3.83. The summed E-state index contributed by atoms with van der Waals surface area (Å²) in [6.07, 6.45) is 3.79. The summed E-state index contributed by atoms with van der Waals surface area (Å²) >= 11 is 0. The molecule has 0 unspecified atom stereocenters. The number of likely N-dealkylation sites (tertiary alicyclic amines) is 1. The number of ether oxygens (including phenoxy) is 2. The summed E-state index contributed by atoms with van der Waals surface area (Å²) in [7, 11) is -2.26. The molecule has 1 aromatic carbocycles. The zero-order valence-electron chi connectivity index (χ0n) is 24.8. The van der Waals surface area contributed by atoms with Crippen molar-refractivity contribution in [3.05, 3.63) is 43.1 Å². The number of benzene rings is 1. The van der Waals surface area contributed by atoms with Gasteiger partial charge in [-0.2, -0.15) is 0 Å². The first kappa shape index (κ1) is 30.7. The third-order valence-electron chi connectivity index (χ3n) is 8.51. The number of hydrogen-bond donors (Lipinski definition) is 3. The molecule has 2 saturated carbocycles. The fourth-order valence-corrected chi connectivity index (χ4v) is 6.81. The summed E-state index contributed by atoms with van der Waals surface area (Å²) in [5.41, 5.74) is 4.28. The van der Waals surface area contributed by atoms with Gasteiger partial charge in [-0.05, 0) is 54.3 Å². The van der Waals surface area contributed by atoms with Crippen molar-refractivity contribution in [2.24, 2.45) is 17.1 Å². The highest BCUT2D eigenvalue weighted by Gasteiger charge is 2.62. The molecule has 5 atom stereocenters. The molecule has 5 rings (SSSR count). The van der Waals surface area contributed by atoms with E-state index in [1.54, 1.807) is 19.4 Å². The van der Waals surface area contributed by atoms with Crippen LogP contribution in [0.2, 0.25) is 0 Å². The second-order valence-corrected chi connectivity index (χ2v) is 14.7. The fraction of sp³-hybridized carbons (Fsp3) is 0.533. The quantitative estimate of drug-likeness (QED) is 0.337. The van der Waals surface area contributed by atoms with Gasteiger partial charge in [0.05, 0.1) is 24.9 Å². The van der Waals surface area contributed by atoms with E-state index in [1.807, 2.05) is 39.0 Å². The van der Waals surface area contributed by atoms with E-state index in [0.717, 1.165) is 10.8 Å². The molecule has 1 aromatic heterocycles. The van der Waals surface area contributed by atoms with Crippen LogP contribution in [0.25, 0.3) is 10.8 Å². The first-order valence-electron chi connectivity index (χ1n) is 14.4. The smallest absolute Gasteiger partial charge is 0.259 e. The molecule has 3 fully saturated rings. The second-order valence-electron chi connectivity index (χ2n) is 12.7. The molecule has 3 aliphatic rings. The number of carbonyl (C=O) groups is 3. The lowest BCUT2D eigenvalue weighted by molar-refractivity contribution is -0.142. The number of aromatic nitrogens is 1. The van der Waals surface area contributed by atoms with E-state index in [9.17, 15) is 22.8 Å². The third kappa shape index (κ3) is 6.05. The Kier molecular flexibility index (Phi) is 7.93. The summed E-state index contributed by atoms with van der Waals surface area (Å²) in [5, 5.41) is 3.75. The minimum Gasteiger partial charge on any atom is -0.497 e. The van der Waals surface area contributed by atoms with Crippen LogP contribution in [-0.2, 0) is 24.4 Å². The van der Waals surface area contributed by atoms with Crippen molar-refractivity contribution in [3.8, 4) is 11.6 Å². The van der Waals surface area contributed by atoms with Crippen LogP contribution >= 0.6 is 0 Å². The van der Waals surface area contributed by atoms with E-state index in [-0.39, 0.29) is 19.4 Å². The Morgan fingerprint density at radius 1 is 1.23 bits per heavy atom. The van der Waals surface area contributed by atoms with Crippen LogP contribution in [0, 0.1) is 11.3 Å². The van der Waals surface area contributed by atoms with Gasteiger partial charge in [-0.25, -0.2) is 13.4 Å². The number of nitrogens with one attached hydrogen (secondary N) is 2. The number of rotatable bonds is 10. The average molecular weight is 614 g/mol. The van der Waals surface area contributed by atoms with Crippen molar-refractivity contribution in [2.45, 2.75) is 75.4 Å². The Morgan fingerprint density at radius 2 is 1.95 bits per heavy atom. The number of nitrogens with two attached hydrogens (primary N) is 1. The second kappa shape index (κ2) is 11.1. The van der Waals surface area contributed by atoms with Crippen LogP contribution < -0.4 is 25.2 Å². The Hall–Kier alpha value is -3.71. The molecule has 12 nitrogen and oxygen atoms in total. The van der Waals surface area contributed by atoms with Gasteiger partial charge in [-0.3, -0.25) is 19.1 Å². The number of carbonyl (C=O) groups excluding carboxylic acids is 3. The molecule has 2 aromatic rings. The number of methoxy groups -OCH3 is 1. The Morgan fingerprint density at radius 3 is 2.56 bits per heavy atom. The molecule has 4 N–H and O–H groups in total. The lowest BCUT2D eigenvalue weighted by Gasteiger charge is -2.33. The highest BCUT2D eigenvalue weighted by atomic mass is 32.2. The van der Waals surface area contributed by atoms with Gasteiger partial charge in [-0.1, -0.05) is 26.8 Å². The highest BCUT2D eigenvalue weighted by Crippen LogP contribution is 2.45. The number of sulfonamides is 1. The number of fused-ring (bicyclic) bond motifs is 1. The monoisotopic (exact) mass is 613 g/mol. The van der Waals surface area contributed by atoms with Crippen LogP contribution in [0.3, 0.4) is 0 Å². The van der Waals surface area contributed by atoms with Gasteiger partial charge in [0.2, 0.25) is 27.7 Å². The first-order valence-corrected chi connectivity index (χ1v) is 15.9. The van der Waals surface area contributed by atoms with Crippen LogP contribution in [0.4, 0.5) is 0 Å². The molecule has 232 valence electrons. The number of pyridine rings is 1. The van der Waals surface area contributed by atoms with Gasteiger partial charge in [0.1, 0.15) is 23.4 Å². The van der Waals surface area contributed by atoms with Crippen molar-refractivity contribution < 1.29 is 32.3 Å². The molecule has 2 heterocycles. The van der Waals surface area contributed by atoms with Crippen LogP contribution in [0.5, 0.6) is 11.6 Å². The number of hydrogen-bond acceptors (Lipinski definition) is 9. The van der Waals surface area contributed by atoms with Crippen molar-refractivity contribution in [2.75, 3.05) is 13.7 Å². The third-order valence-corrected chi connectivity index (χ3v) is 10.3. The van der Waals surface area contributed by atoms with Crippen molar-refractivity contribution in [1.82, 2.24) is 19.9 Å². The molecule has 1 aliphatic heterocycles. The molecule has 0 radical (unpaired) electrons. The molecule has 13 heteroatoms. The van der Waals surface area contributed by atoms with E-state index < -0.39 is 68.1 Å². The molecular formula is C30H39N5O7S. The number of nitrogens with zero attached hydrogens (tertiary/aromatic N) is 2. The first-order chi connectivity index (χ1) is 20.2. The van der Waals surface area contributed by atoms with Crippen LogP contribution in [0.1, 0.15) is 46.5 Å².